The van der Waals surface area contributed by atoms with Crippen molar-refractivity contribution >= 4 is 17.6 Å². The fourth-order valence-corrected chi connectivity index (χ4v) is 2.56. The molecule has 0 saturated carbocycles. The number of likely N-dealkylation sites (tertiary alicyclic amines) is 1. The lowest BCUT2D eigenvalue weighted by Gasteiger charge is -2.32. The zero-order valence-electron chi connectivity index (χ0n) is 12.9. The minimum atomic E-state index is -0.0384. The second-order valence-corrected chi connectivity index (χ2v) is 5.96. The van der Waals surface area contributed by atoms with Gasteiger partial charge in [-0.3, -0.25) is 9.59 Å². The molecule has 1 N–H and O–H groups in total. The van der Waals surface area contributed by atoms with Crippen molar-refractivity contribution in [2.75, 3.05) is 18.4 Å². The Kier molecular flexibility index (Phi) is 4.94. The molecule has 0 atom stereocenters. The van der Waals surface area contributed by atoms with Gasteiger partial charge in [0.15, 0.2) is 0 Å². The maximum atomic E-state index is 12.2. The molecule has 1 aliphatic rings. The first-order valence-electron chi connectivity index (χ1n) is 7.49. The standard InChI is InChI=1S/C16H23N3O2/c1-11(2)16(21)19-8-5-13(6-9-19)15(20)18-14-10-12(3)4-7-17-14/h4,7,10-11,13H,5-6,8-9H2,1-3H3,(H,17,18,20). The third kappa shape index (κ3) is 4.03. The van der Waals surface area contributed by atoms with Crippen LogP contribution < -0.4 is 5.32 Å². The molecule has 0 aliphatic carbocycles. The largest absolute Gasteiger partial charge is 0.342 e. The van der Waals surface area contributed by atoms with Crippen molar-refractivity contribution in [3.05, 3.63) is 23.9 Å². The van der Waals surface area contributed by atoms with Gasteiger partial charge in [-0.15, -0.1) is 0 Å². The summed E-state index contributed by atoms with van der Waals surface area (Å²) in [6.45, 7) is 7.11. The van der Waals surface area contributed by atoms with Crippen LogP contribution in [-0.2, 0) is 9.59 Å². The number of amides is 2. The first-order valence-corrected chi connectivity index (χ1v) is 7.49. The van der Waals surface area contributed by atoms with Crippen molar-refractivity contribution < 1.29 is 9.59 Å². The number of nitrogens with one attached hydrogen (secondary N) is 1. The van der Waals surface area contributed by atoms with E-state index in [1.807, 2.05) is 37.8 Å². The lowest BCUT2D eigenvalue weighted by Crippen LogP contribution is -2.43. The molecule has 2 amide bonds. The van der Waals surface area contributed by atoms with Crippen LogP contribution in [0.15, 0.2) is 18.3 Å². The first-order chi connectivity index (χ1) is 9.97. The summed E-state index contributed by atoms with van der Waals surface area (Å²) >= 11 is 0. The van der Waals surface area contributed by atoms with Crippen LogP contribution in [0.4, 0.5) is 5.82 Å². The molecular weight excluding hydrogens is 266 g/mol. The van der Waals surface area contributed by atoms with Crippen molar-refractivity contribution in [1.29, 1.82) is 0 Å². The number of piperidine rings is 1. The van der Waals surface area contributed by atoms with E-state index in [1.54, 1.807) is 6.20 Å². The summed E-state index contributed by atoms with van der Waals surface area (Å²) in [6.07, 6.45) is 3.13. The number of rotatable bonds is 3. The summed E-state index contributed by atoms with van der Waals surface area (Å²) in [7, 11) is 0. The van der Waals surface area contributed by atoms with E-state index >= 15 is 0 Å². The summed E-state index contributed by atoms with van der Waals surface area (Å²) in [4.78, 5) is 30.2. The van der Waals surface area contributed by atoms with Gasteiger partial charge in [0.25, 0.3) is 0 Å². The van der Waals surface area contributed by atoms with Crippen LogP contribution >= 0.6 is 0 Å². The Morgan fingerprint density at radius 3 is 2.57 bits per heavy atom. The van der Waals surface area contributed by atoms with Gasteiger partial charge in [-0.2, -0.15) is 0 Å². The molecule has 1 aromatic heterocycles. The Morgan fingerprint density at radius 1 is 1.33 bits per heavy atom. The Morgan fingerprint density at radius 2 is 2.00 bits per heavy atom. The summed E-state index contributed by atoms with van der Waals surface area (Å²) in [5.74, 6) is 0.759. The lowest BCUT2D eigenvalue weighted by atomic mass is 9.95. The summed E-state index contributed by atoms with van der Waals surface area (Å²) in [5.41, 5.74) is 1.07. The third-order valence-corrected chi connectivity index (χ3v) is 3.84. The van der Waals surface area contributed by atoms with Crippen LogP contribution in [0.5, 0.6) is 0 Å². The summed E-state index contributed by atoms with van der Waals surface area (Å²) < 4.78 is 0. The van der Waals surface area contributed by atoms with E-state index in [1.165, 1.54) is 0 Å². The van der Waals surface area contributed by atoms with Crippen molar-refractivity contribution in [2.24, 2.45) is 11.8 Å². The first kappa shape index (κ1) is 15.5. The van der Waals surface area contributed by atoms with E-state index in [4.69, 9.17) is 0 Å². The average Bonchev–Trinajstić information content (AvgIpc) is 2.46. The van der Waals surface area contributed by atoms with Crippen molar-refractivity contribution in [3.63, 3.8) is 0 Å². The zero-order valence-corrected chi connectivity index (χ0v) is 12.9. The average molecular weight is 289 g/mol. The summed E-state index contributed by atoms with van der Waals surface area (Å²) in [6, 6.07) is 3.75. The maximum Gasteiger partial charge on any atom is 0.228 e. The van der Waals surface area contributed by atoms with E-state index in [0.29, 0.717) is 18.9 Å². The van der Waals surface area contributed by atoms with Gasteiger partial charge in [0, 0.05) is 31.1 Å². The highest BCUT2D eigenvalue weighted by Crippen LogP contribution is 2.20. The van der Waals surface area contributed by atoms with Crippen LogP contribution in [0.25, 0.3) is 0 Å². The minimum Gasteiger partial charge on any atom is -0.342 e. The van der Waals surface area contributed by atoms with Crippen LogP contribution in [0.3, 0.4) is 0 Å². The molecule has 2 rings (SSSR count). The van der Waals surface area contributed by atoms with Gasteiger partial charge in [-0.1, -0.05) is 13.8 Å². The molecular formula is C16H23N3O2. The molecule has 0 spiro atoms. The van der Waals surface area contributed by atoms with Crippen LogP contribution in [0.1, 0.15) is 32.3 Å². The van der Waals surface area contributed by atoms with Gasteiger partial charge >= 0.3 is 0 Å². The second-order valence-electron chi connectivity index (χ2n) is 5.96. The number of aromatic nitrogens is 1. The summed E-state index contributed by atoms with van der Waals surface area (Å²) in [5, 5.41) is 2.87. The van der Waals surface area contributed by atoms with Crippen LogP contribution in [-0.4, -0.2) is 34.8 Å². The van der Waals surface area contributed by atoms with Crippen molar-refractivity contribution in [1.82, 2.24) is 9.88 Å². The Bertz CT molecular complexity index is 520. The molecule has 0 unspecified atom stereocenters. The predicted molar refractivity (Wildman–Crippen MR) is 81.7 cm³/mol. The monoisotopic (exact) mass is 289 g/mol. The fourth-order valence-electron chi connectivity index (χ4n) is 2.56. The van der Waals surface area contributed by atoms with Crippen LogP contribution in [0, 0.1) is 18.8 Å². The highest BCUT2D eigenvalue weighted by atomic mass is 16.2. The molecule has 21 heavy (non-hydrogen) atoms. The SMILES string of the molecule is Cc1ccnc(NC(=O)C2CCN(C(=O)C(C)C)CC2)c1. The Labute approximate surface area is 125 Å². The van der Waals surface area contributed by atoms with E-state index < -0.39 is 0 Å². The van der Waals surface area contributed by atoms with E-state index in [0.717, 1.165) is 18.4 Å². The topological polar surface area (TPSA) is 62.3 Å². The zero-order chi connectivity index (χ0) is 15.4. The predicted octanol–water partition coefficient (Wildman–Crippen LogP) is 2.22. The number of nitrogens with zero attached hydrogens (tertiary/aromatic N) is 2. The number of pyridine rings is 1. The molecule has 0 aromatic carbocycles. The minimum absolute atomic E-state index is 0.00439. The van der Waals surface area contributed by atoms with Crippen molar-refractivity contribution in [3.8, 4) is 0 Å². The normalized spacial score (nSPS) is 16.1. The number of carbonyl (C=O) groups is 2. The number of anilines is 1. The second kappa shape index (κ2) is 6.70. The van der Waals surface area contributed by atoms with Gasteiger partial charge in [0.05, 0.1) is 0 Å². The van der Waals surface area contributed by atoms with Gasteiger partial charge in [-0.25, -0.2) is 4.98 Å². The molecule has 1 saturated heterocycles. The maximum absolute atomic E-state index is 12.2. The van der Waals surface area contributed by atoms with Gasteiger partial charge < -0.3 is 10.2 Å². The number of carbonyl (C=O) groups excluding carboxylic acids is 2. The van der Waals surface area contributed by atoms with Crippen molar-refractivity contribution in [2.45, 2.75) is 33.6 Å². The van der Waals surface area contributed by atoms with Gasteiger partial charge in [-0.05, 0) is 37.5 Å². The van der Waals surface area contributed by atoms with E-state index in [9.17, 15) is 9.59 Å². The number of aryl methyl sites for hydroxylation is 1. The fraction of sp³-hybridized carbons (Fsp3) is 0.562. The molecule has 5 heteroatoms. The Balaban J connectivity index is 1.87. The molecule has 1 aliphatic heterocycles. The molecule has 114 valence electrons. The molecule has 2 heterocycles. The quantitative estimate of drug-likeness (QED) is 0.928. The molecule has 0 radical (unpaired) electrons. The Hall–Kier alpha value is -1.91. The molecule has 0 bridgehead atoms. The lowest BCUT2D eigenvalue weighted by molar-refractivity contribution is -0.137. The van der Waals surface area contributed by atoms with Gasteiger partial charge in [0.1, 0.15) is 5.82 Å². The van der Waals surface area contributed by atoms with E-state index in [2.05, 4.69) is 10.3 Å². The highest BCUT2D eigenvalue weighted by molar-refractivity contribution is 5.92. The van der Waals surface area contributed by atoms with E-state index in [-0.39, 0.29) is 23.7 Å². The number of hydrogen-bond acceptors (Lipinski definition) is 3. The van der Waals surface area contributed by atoms with Crippen LogP contribution in [0.2, 0.25) is 0 Å². The number of hydrogen-bond donors (Lipinski definition) is 1. The molecule has 5 nitrogen and oxygen atoms in total. The highest BCUT2D eigenvalue weighted by Gasteiger charge is 2.28. The van der Waals surface area contributed by atoms with Gasteiger partial charge in [0.2, 0.25) is 11.8 Å². The third-order valence-electron chi connectivity index (χ3n) is 3.84. The molecule has 1 aromatic rings. The smallest absolute Gasteiger partial charge is 0.228 e. The molecule has 1 fully saturated rings.